The lowest BCUT2D eigenvalue weighted by atomic mass is 9.62. The zero-order valence-corrected chi connectivity index (χ0v) is 23.3. The van der Waals surface area contributed by atoms with Crippen molar-refractivity contribution in [1.82, 2.24) is 9.55 Å². The molecule has 39 heavy (non-hydrogen) atoms. The lowest BCUT2D eigenvalue weighted by Gasteiger charge is -2.42. The smallest absolute Gasteiger partial charge is 0.263 e. The highest BCUT2D eigenvalue weighted by atomic mass is 32.2. The van der Waals surface area contributed by atoms with Gasteiger partial charge < -0.3 is 5.32 Å². The van der Waals surface area contributed by atoms with Gasteiger partial charge in [-0.2, -0.15) is 0 Å². The van der Waals surface area contributed by atoms with Gasteiger partial charge in [-0.05, 0) is 68.5 Å². The predicted octanol–water partition coefficient (Wildman–Crippen LogP) is 7.01. The Morgan fingerprint density at radius 2 is 1.72 bits per heavy atom. The molecule has 0 saturated heterocycles. The summed E-state index contributed by atoms with van der Waals surface area (Å²) >= 11 is 1.31. The first kappa shape index (κ1) is 25.6. The number of thioether (sulfide) groups is 1. The van der Waals surface area contributed by atoms with Crippen LogP contribution < -0.4 is 10.9 Å². The molecule has 5 nitrogen and oxygen atoms in total. The second kappa shape index (κ2) is 10.5. The largest absolute Gasteiger partial charge is 0.325 e. The molecule has 1 aromatic heterocycles. The second-order valence-electron chi connectivity index (χ2n) is 11.0. The van der Waals surface area contributed by atoms with E-state index < -0.39 is 0 Å². The first-order valence-corrected chi connectivity index (χ1v) is 14.7. The number of carbonyl (C=O) groups excluding carboxylic acids is 1. The number of hydrogen-bond acceptors (Lipinski definition) is 4. The summed E-state index contributed by atoms with van der Waals surface area (Å²) in [6.07, 6.45) is 6.35. The van der Waals surface area contributed by atoms with Crippen LogP contribution in [0, 0.1) is 13.8 Å². The minimum absolute atomic E-state index is 0.00319. The lowest BCUT2D eigenvalue weighted by molar-refractivity contribution is -0.113. The van der Waals surface area contributed by atoms with Crippen LogP contribution in [0.2, 0.25) is 0 Å². The molecular weight excluding hydrogens is 502 g/mol. The standard InChI is InChI=1S/C33H33N3O2S/c1-22-13-15-25(16-14-22)34-28(37)21-39-32-35-30-27-12-5-4-10-24(27)20-33(17-6-3-7-18-33)29(30)31(38)36(32)26-11-8-9-23(2)19-26/h4-5,8-16,19H,3,6-7,17-18,20-21H2,1-2H3,(H,34,37). The summed E-state index contributed by atoms with van der Waals surface area (Å²) < 4.78 is 1.75. The first-order valence-electron chi connectivity index (χ1n) is 13.8. The number of aromatic nitrogens is 2. The Labute approximate surface area is 233 Å². The summed E-state index contributed by atoms with van der Waals surface area (Å²) in [4.78, 5) is 32.8. The van der Waals surface area contributed by atoms with E-state index in [9.17, 15) is 9.59 Å². The van der Waals surface area contributed by atoms with Crippen LogP contribution in [0.15, 0.2) is 82.7 Å². The fraction of sp³-hybridized carbons (Fsp3) is 0.303. The third-order valence-corrected chi connectivity index (χ3v) is 9.06. The Kier molecular flexibility index (Phi) is 6.90. The third kappa shape index (κ3) is 4.94. The zero-order chi connectivity index (χ0) is 27.0. The van der Waals surface area contributed by atoms with E-state index in [-0.39, 0.29) is 22.6 Å². The van der Waals surface area contributed by atoms with Gasteiger partial charge in [-0.15, -0.1) is 0 Å². The fourth-order valence-corrected chi connectivity index (χ4v) is 7.05. The van der Waals surface area contributed by atoms with Gasteiger partial charge in [0.15, 0.2) is 5.16 Å². The van der Waals surface area contributed by atoms with Crippen LogP contribution in [0.1, 0.15) is 54.4 Å². The lowest BCUT2D eigenvalue weighted by Crippen LogP contribution is -2.43. The maximum atomic E-state index is 14.6. The molecule has 6 rings (SSSR count). The van der Waals surface area contributed by atoms with Crippen molar-refractivity contribution in [2.45, 2.75) is 62.9 Å². The molecule has 0 aliphatic heterocycles. The molecule has 2 aliphatic rings. The number of benzene rings is 3. The number of hydrogen-bond donors (Lipinski definition) is 1. The topological polar surface area (TPSA) is 64.0 Å². The maximum absolute atomic E-state index is 14.6. The Morgan fingerprint density at radius 3 is 2.49 bits per heavy atom. The fourth-order valence-electron chi connectivity index (χ4n) is 6.24. The number of fused-ring (bicyclic) bond motifs is 4. The molecule has 1 N–H and O–H groups in total. The highest BCUT2D eigenvalue weighted by molar-refractivity contribution is 7.99. The third-order valence-electron chi connectivity index (χ3n) is 8.12. The van der Waals surface area contributed by atoms with E-state index in [1.807, 2.05) is 68.4 Å². The second-order valence-corrected chi connectivity index (χ2v) is 11.9. The van der Waals surface area contributed by atoms with Crippen LogP contribution in [-0.4, -0.2) is 21.2 Å². The van der Waals surface area contributed by atoms with Gasteiger partial charge in [0.2, 0.25) is 5.91 Å². The van der Waals surface area contributed by atoms with Crippen molar-refractivity contribution in [2.75, 3.05) is 11.1 Å². The number of carbonyl (C=O) groups is 1. The van der Waals surface area contributed by atoms with Gasteiger partial charge in [0.1, 0.15) is 0 Å². The van der Waals surface area contributed by atoms with E-state index in [1.165, 1.54) is 23.7 Å². The Balaban J connectivity index is 1.47. The van der Waals surface area contributed by atoms with E-state index >= 15 is 0 Å². The molecule has 0 unspecified atom stereocenters. The number of aryl methyl sites for hydroxylation is 2. The molecule has 6 heteroatoms. The number of amides is 1. The van der Waals surface area contributed by atoms with E-state index in [0.29, 0.717) is 5.16 Å². The molecule has 3 aromatic carbocycles. The highest BCUT2D eigenvalue weighted by Crippen LogP contribution is 2.49. The van der Waals surface area contributed by atoms with Crippen molar-refractivity contribution in [1.29, 1.82) is 0 Å². The van der Waals surface area contributed by atoms with Crippen molar-refractivity contribution in [3.63, 3.8) is 0 Å². The van der Waals surface area contributed by atoms with Crippen LogP contribution in [0.4, 0.5) is 5.69 Å². The quantitative estimate of drug-likeness (QED) is 0.221. The van der Waals surface area contributed by atoms with Gasteiger partial charge in [-0.1, -0.05) is 85.1 Å². The van der Waals surface area contributed by atoms with Crippen LogP contribution >= 0.6 is 11.8 Å². The molecule has 1 saturated carbocycles. The number of anilines is 1. The first-order chi connectivity index (χ1) is 18.9. The molecule has 1 heterocycles. The van der Waals surface area contributed by atoms with Crippen LogP contribution in [0.25, 0.3) is 16.9 Å². The zero-order valence-electron chi connectivity index (χ0n) is 22.5. The molecule has 0 radical (unpaired) electrons. The van der Waals surface area contributed by atoms with E-state index in [2.05, 4.69) is 23.5 Å². The van der Waals surface area contributed by atoms with Crippen molar-refractivity contribution < 1.29 is 4.79 Å². The molecule has 1 amide bonds. The van der Waals surface area contributed by atoms with Gasteiger partial charge in [0.05, 0.1) is 22.7 Å². The molecule has 0 atom stereocenters. The molecular formula is C33H33N3O2S. The molecule has 2 aliphatic carbocycles. The monoisotopic (exact) mass is 535 g/mol. The van der Waals surface area contributed by atoms with Gasteiger partial charge in [-0.3, -0.25) is 14.2 Å². The highest BCUT2D eigenvalue weighted by Gasteiger charge is 2.43. The number of rotatable bonds is 5. The van der Waals surface area contributed by atoms with Crippen LogP contribution in [0.5, 0.6) is 0 Å². The SMILES string of the molecule is Cc1ccc(NC(=O)CSc2nc3c(c(=O)n2-c2cccc(C)c2)C2(CCCCC2)Cc2ccccc2-3)cc1. The minimum Gasteiger partial charge on any atom is -0.325 e. The summed E-state index contributed by atoms with van der Waals surface area (Å²) in [6, 6.07) is 24.1. The molecule has 4 aromatic rings. The number of nitrogens with zero attached hydrogens (tertiary/aromatic N) is 2. The van der Waals surface area contributed by atoms with Gasteiger partial charge >= 0.3 is 0 Å². The van der Waals surface area contributed by atoms with Crippen LogP contribution in [-0.2, 0) is 16.6 Å². The van der Waals surface area contributed by atoms with Crippen molar-refractivity contribution >= 4 is 23.4 Å². The number of nitrogens with one attached hydrogen (secondary N) is 1. The summed E-state index contributed by atoms with van der Waals surface area (Å²) in [5.74, 6) is 0.0216. The van der Waals surface area contributed by atoms with Crippen LogP contribution in [0.3, 0.4) is 0 Å². The predicted molar refractivity (Wildman–Crippen MR) is 159 cm³/mol. The van der Waals surface area contributed by atoms with E-state index in [0.717, 1.165) is 71.4 Å². The maximum Gasteiger partial charge on any atom is 0.263 e. The Hall–Kier alpha value is -3.64. The Morgan fingerprint density at radius 1 is 0.949 bits per heavy atom. The molecule has 198 valence electrons. The minimum atomic E-state index is -0.191. The van der Waals surface area contributed by atoms with Gasteiger partial charge in [0.25, 0.3) is 5.56 Å². The summed E-state index contributed by atoms with van der Waals surface area (Å²) in [6.45, 7) is 4.05. The summed E-state index contributed by atoms with van der Waals surface area (Å²) in [7, 11) is 0. The van der Waals surface area contributed by atoms with Gasteiger partial charge in [-0.25, -0.2) is 4.98 Å². The molecule has 0 bridgehead atoms. The van der Waals surface area contributed by atoms with Crippen molar-refractivity contribution in [2.24, 2.45) is 0 Å². The average molecular weight is 536 g/mol. The van der Waals surface area contributed by atoms with E-state index in [4.69, 9.17) is 4.98 Å². The van der Waals surface area contributed by atoms with Gasteiger partial charge in [0, 0.05) is 16.7 Å². The average Bonchev–Trinajstić information content (AvgIpc) is 2.93. The summed E-state index contributed by atoms with van der Waals surface area (Å²) in [5, 5.41) is 3.52. The Bertz CT molecular complexity index is 1600. The van der Waals surface area contributed by atoms with E-state index in [1.54, 1.807) is 4.57 Å². The normalized spacial score (nSPS) is 15.4. The molecule has 1 spiro atoms. The van der Waals surface area contributed by atoms with Crippen molar-refractivity contribution in [3.05, 3.63) is 105 Å². The molecule has 1 fully saturated rings. The van der Waals surface area contributed by atoms with Crippen molar-refractivity contribution in [3.8, 4) is 16.9 Å². The summed E-state index contributed by atoms with van der Waals surface area (Å²) in [5.41, 5.74) is 7.54.